The van der Waals surface area contributed by atoms with E-state index in [1.807, 2.05) is 6.07 Å². The quantitative estimate of drug-likeness (QED) is 0.761. The zero-order valence-corrected chi connectivity index (χ0v) is 12.9. The maximum atomic E-state index is 13.5. The summed E-state index contributed by atoms with van der Waals surface area (Å²) < 4.78 is 32.1. The first kappa shape index (κ1) is 17.2. The van der Waals surface area contributed by atoms with Crippen molar-refractivity contribution >= 4 is 17.7 Å². The van der Waals surface area contributed by atoms with E-state index in [0.717, 1.165) is 17.9 Å². The van der Waals surface area contributed by atoms with E-state index in [9.17, 15) is 18.7 Å². The summed E-state index contributed by atoms with van der Waals surface area (Å²) in [6, 6.07) is 6.90. The van der Waals surface area contributed by atoms with E-state index in [-0.39, 0.29) is 6.54 Å². The fourth-order valence-electron chi connectivity index (χ4n) is 1.82. The number of furan rings is 1. The van der Waals surface area contributed by atoms with Crippen LogP contribution in [0, 0.1) is 11.6 Å². The SMILES string of the molecule is O=C(/C=C/SCc1ccco1)NCC(O)c1c(F)cccc1F. The average Bonchev–Trinajstić information content (AvgIpc) is 3.02. The molecular weight excluding hydrogens is 324 g/mol. The Bertz CT molecular complexity index is 654. The Hall–Kier alpha value is -2.12. The molecule has 7 heteroatoms. The van der Waals surface area contributed by atoms with E-state index >= 15 is 0 Å². The molecule has 0 radical (unpaired) electrons. The lowest BCUT2D eigenvalue weighted by Crippen LogP contribution is -2.27. The van der Waals surface area contributed by atoms with Crippen LogP contribution in [0.15, 0.2) is 52.5 Å². The van der Waals surface area contributed by atoms with Gasteiger partial charge in [0.1, 0.15) is 23.5 Å². The van der Waals surface area contributed by atoms with Crippen LogP contribution in [0.3, 0.4) is 0 Å². The van der Waals surface area contributed by atoms with Crippen LogP contribution in [-0.4, -0.2) is 17.6 Å². The van der Waals surface area contributed by atoms with Gasteiger partial charge in [0.05, 0.1) is 17.6 Å². The Labute approximate surface area is 136 Å². The van der Waals surface area contributed by atoms with E-state index in [2.05, 4.69) is 5.32 Å². The van der Waals surface area contributed by atoms with Gasteiger partial charge in [-0.05, 0) is 29.7 Å². The second-order valence-electron chi connectivity index (χ2n) is 4.59. The smallest absolute Gasteiger partial charge is 0.244 e. The van der Waals surface area contributed by atoms with Crippen LogP contribution in [0.2, 0.25) is 0 Å². The van der Waals surface area contributed by atoms with Crippen molar-refractivity contribution in [1.29, 1.82) is 0 Å². The third-order valence-electron chi connectivity index (χ3n) is 2.92. The molecule has 0 aliphatic heterocycles. The number of aliphatic hydroxyl groups excluding tert-OH is 1. The monoisotopic (exact) mass is 339 g/mol. The van der Waals surface area contributed by atoms with Crippen molar-refractivity contribution in [3.8, 4) is 0 Å². The predicted octanol–water partition coefficient (Wildman–Crippen LogP) is 3.15. The molecule has 122 valence electrons. The number of thioether (sulfide) groups is 1. The van der Waals surface area contributed by atoms with Gasteiger partial charge in [-0.25, -0.2) is 8.78 Å². The van der Waals surface area contributed by atoms with Gasteiger partial charge in [-0.1, -0.05) is 6.07 Å². The molecule has 0 saturated carbocycles. The molecule has 2 aromatic rings. The summed E-state index contributed by atoms with van der Waals surface area (Å²) in [7, 11) is 0. The molecule has 0 spiro atoms. The molecule has 1 aromatic heterocycles. The molecule has 23 heavy (non-hydrogen) atoms. The van der Waals surface area contributed by atoms with Gasteiger partial charge in [0.25, 0.3) is 0 Å². The second-order valence-corrected chi connectivity index (χ2v) is 5.48. The highest BCUT2D eigenvalue weighted by Gasteiger charge is 2.17. The van der Waals surface area contributed by atoms with Gasteiger partial charge in [0.15, 0.2) is 0 Å². The Morgan fingerprint density at radius 3 is 2.70 bits per heavy atom. The van der Waals surface area contributed by atoms with Crippen LogP contribution in [0.1, 0.15) is 17.4 Å². The molecule has 0 fully saturated rings. The lowest BCUT2D eigenvalue weighted by Gasteiger charge is -2.13. The number of hydrogen-bond acceptors (Lipinski definition) is 4. The number of benzene rings is 1. The van der Waals surface area contributed by atoms with Crippen molar-refractivity contribution in [3.05, 3.63) is 71.0 Å². The van der Waals surface area contributed by atoms with E-state index in [1.54, 1.807) is 17.7 Å². The zero-order valence-electron chi connectivity index (χ0n) is 12.0. The van der Waals surface area contributed by atoms with Crippen LogP contribution in [0.4, 0.5) is 8.78 Å². The average molecular weight is 339 g/mol. The Kier molecular flexibility index (Phi) is 6.37. The van der Waals surface area contributed by atoms with Crippen LogP contribution in [-0.2, 0) is 10.5 Å². The van der Waals surface area contributed by atoms with Crippen molar-refractivity contribution in [1.82, 2.24) is 5.32 Å². The van der Waals surface area contributed by atoms with Gasteiger partial charge >= 0.3 is 0 Å². The number of amides is 1. The molecule has 0 aliphatic carbocycles. The first-order valence-electron chi connectivity index (χ1n) is 6.78. The molecule has 4 nitrogen and oxygen atoms in total. The minimum Gasteiger partial charge on any atom is -0.468 e. The van der Waals surface area contributed by atoms with Crippen LogP contribution < -0.4 is 5.32 Å². The first-order valence-corrected chi connectivity index (χ1v) is 7.83. The molecule has 0 saturated heterocycles. The fourth-order valence-corrected chi connectivity index (χ4v) is 2.47. The molecule has 1 atom stereocenters. The van der Waals surface area contributed by atoms with E-state index in [1.165, 1.54) is 23.9 Å². The number of nitrogens with one attached hydrogen (secondary N) is 1. The summed E-state index contributed by atoms with van der Waals surface area (Å²) in [5.41, 5.74) is -0.455. The van der Waals surface area contributed by atoms with Crippen molar-refractivity contribution in [2.75, 3.05) is 6.54 Å². The van der Waals surface area contributed by atoms with Crippen molar-refractivity contribution in [2.45, 2.75) is 11.9 Å². The van der Waals surface area contributed by atoms with Crippen molar-refractivity contribution in [2.24, 2.45) is 0 Å². The summed E-state index contributed by atoms with van der Waals surface area (Å²) >= 11 is 1.36. The number of carbonyl (C=O) groups is 1. The summed E-state index contributed by atoms with van der Waals surface area (Å²) in [5, 5.41) is 13.8. The largest absolute Gasteiger partial charge is 0.468 e. The van der Waals surface area contributed by atoms with Gasteiger partial charge in [-0.2, -0.15) is 0 Å². The third-order valence-corrected chi connectivity index (χ3v) is 3.70. The lowest BCUT2D eigenvalue weighted by atomic mass is 10.1. The number of halogens is 2. The molecule has 1 aromatic carbocycles. The molecule has 0 aliphatic rings. The standard InChI is InChI=1S/C16H15F2NO3S/c17-12-4-1-5-13(18)16(12)14(20)9-19-15(21)6-8-23-10-11-3-2-7-22-11/h1-8,14,20H,9-10H2,(H,19,21)/b8-6+. The molecule has 1 amide bonds. The van der Waals surface area contributed by atoms with Crippen LogP contribution in [0.25, 0.3) is 0 Å². The maximum Gasteiger partial charge on any atom is 0.244 e. The first-order chi connectivity index (χ1) is 11.1. The maximum absolute atomic E-state index is 13.5. The van der Waals surface area contributed by atoms with E-state index in [4.69, 9.17) is 4.42 Å². The normalized spacial score (nSPS) is 12.5. The number of carbonyl (C=O) groups excluding carboxylic acids is 1. The van der Waals surface area contributed by atoms with Gasteiger partial charge in [-0.3, -0.25) is 4.79 Å². The molecular formula is C16H15F2NO3S. The lowest BCUT2D eigenvalue weighted by molar-refractivity contribution is -0.117. The summed E-state index contributed by atoms with van der Waals surface area (Å²) in [4.78, 5) is 11.6. The second kappa shape index (κ2) is 8.50. The fraction of sp³-hybridized carbons (Fsp3) is 0.188. The molecule has 2 rings (SSSR count). The van der Waals surface area contributed by atoms with Crippen LogP contribution in [0.5, 0.6) is 0 Å². The highest BCUT2D eigenvalue weighted by atomic mass is 32.2. The van der Waals surface area contributed by atoms with Crippen molar-refractivity contribution < 1.29 is 23.1 Å². The van der Waals surface area contributed by atoms with Gasteiger partial charge in [0, 0.05) is 12.6 Å². The molecule has 2 N–H and O–H groups in total. The number of rotatable bonds is 7. The predicted molar refractivity (Wildman–Crippen MR) is 83.5 cm³/mol. The molecule has 0 bridgehead atoms. The third kappa shape index (κ3) is 5.22. The number of aliphatic hydroxyl groups is 1. The molecule has 1 heterocycles. The minimum absolute atomic E-state index is 0.288. The summed E-state index contributed by atoms with van der Waals surface area (Å²) in [5.74, 6) is -0.800. The van der Waals surface area contributed by atoms with Gasteiger partial charge in [-0.15, -0.1) is 11.8 Å². The zero-order chi connectivity index (χ0) is 16.7. The minimum atomic E-state index is -1.45. The Morgan fingerprint density at radius 2 is 2.04 bits per heavy atom. The molecule has 1 unspecified atom stereocenters. The van der Waals surface area contributed by atoms with Crippen LogP contribution >= 0.6 is 11.8 Å². The summed E-state index contributed by atoms with van der Waals surface area (Å²) in [6.07, 6.45) is 1.39. The van der Waals surface area contributed by atoms with Gasteiger partial charge in [0.2, 0.25) is 5.91 Å². The van der Waals surface area contributed by atoms with Crippen molar-refractivity contribution in [3.63, 3.8) is 0 Å². The highest BCUT2D eigenvalue weighted by molar-refractivity contribution is 8.01. The Balaban J connectivity index is 1.77. The number of hydrogen-bond donors (Lipinski definition) is 2. The van der Waals surface area contributed by atoms with Gasteiger partial charge < -0.3 is 14.8 Å². The Morgan fingerprint density at radius 1 is 1.30 bits per heavy atom. The van der Waals surface area contributed by atoms with E-state index in [0.29, 0.717) is 5.75 Å². The topological polar surface area (TPSA) is 62.5 Å². The van der Waals surface area contributed by atoms with E-state index < -0.39 is 29.2 Å². The summed E-state index contributed by atoms with van der Waals surface area (Å²) in [6.45, 7) is -0.288. The highest BCUT2D eigenvalue weighted by Crippen LogP contribution is 2.20.